The third-order valence-electron chi connectivity index (χ3n) is 5.27. The minimum atomic E-state index is -4.53. The number of hydrogen-bond acceptors (Lipinski definition) is 6. The molecule has 0 aliphatic carbocycles. The van der Waals surface area contributed by atoms with Crippen LogP contribution in [0, 0.1) is 0 Å². The molecule has 1 unspecified atom stereocenters. The van der Waals surface area contributed by atoms with Gasteiger partial charge in [-0.1, -0.05) is 24.3 Å². The average Bonchev–Trinajstić information content (AvgIpc) is 3.21. The molecule has 1 aromatic heterocycles. The number of benzene rings is 2. The van der Waals surface area contributed by atoms with Crippen molar-refractivity contribution in [1.29, 1.82) is 0 Å². The maximum atomic E-state index is 13.3. The quantitative estimate of drug-likeness (QED) is 0.328. The molecular formula is C25H21F3N2O4. The predicted molar refractivity (Wildman–Crippen MR) is 121 cm³/mol. The average molecular weight is 470 g/mol. The van der Waals surface area contributed by atoms with Crippen molar-refractivity contribution < 1.29 is 32.2 Å². The van der Waals surface area contributed by atoms with E-state index in [4.69, 9.17) is 9.47 Å². The Hall–Kier alpha value is -3.88. The minimum absolute atomic E-state index is 0.175. The van der Waals surface area contributed by atoms with Gasteiger partial charge in [0.05, 0.1) is 29.6 Å². The van der Waals surface area contributed by atoms with Crippen LogP contribution in [0.3, 0.4) is 0 Å². The molecular weight excluding hydrogens is 449 g/mol. The first-order valence-corrected chi connectivity index (χ1v) is 10.6. The second-order valence-corrected chi connectivity index (χ2v) is 7.56. The summed E-state index contributed by atoms with van der Waals surface area (Å²) in [6.45, 7) is 2.08. The molecule has 1 atom stereocenters. The molecule has 34 heavy (non-hydrogen) atoms. The van der Waals surface area contributed by atoms with Crippen molar-refractivity contribution in [2.75, 3.05) is 11.5 Å². The number of aromatic nitrogens is 1. The van der Waals surface area contributed by atoms with E-state index in [1.54, 1.807) is 13.0 Å². The summed E-state index contributed by atoms with van der Waals surface area (Å²) in [5.74, 6) is 0.0203. The van der Waals surface area contributed by atoms with Crippen LogP contribution < -0.4 is 9.64 Å². The molecule has 0 saturated heterocycles. The highest BCUT2D eigenvalue weighted by molar-refractivity contribution is 6.00. The summed E-state index contributed by atoms with van der Waals surface area (Å²) in [5, 5.41) is 0.617. The van der Waals surface area contributed by atoms with Gasteiger partial charge in [-0.2, -0.15) is 13.2 Å². The number of allylic oxidation sites excluding steroid dienone is 1. The van der Waals surface area contributed by atoms with Crippen LogP contribution in [-0.2, 0) is 20.5 Å². The van der Waals surface area contributed by atoms with Crippen LogP contribution >= 0.6 is 0 Å². The molecule has 0 bridgehead atoms. The molecule has 176 valence electrons. The standard InChI is InChI=1S/C25H21F3N2O4/c1-2-33-23(32)9-4-3-6-16-10-11-20-19(12-16)24-21(14-29-20)34-22(15-31)30(24)18-8-5-7-17(13-18)25(26,27)28/h3,5-8,10-15,22H,2,4,9H2,1H3. The Morgan fingerprint density at radius 2 is 2.06 bits per heavy atom. The summed E-state index contributed by atoms with van der Waals surface area (Å²) in [4.78, 5) is 29.0. The summed E-state index contributed by atoms with van der Waals surface area (Å²) in [5.41, 5.74) is 1.20. The van der Waals surface area contributed by atoms with Crippen LogP contribution in [0.15, 0.2) is 54.7 Å². The number of carbonyl (C=O) groups excluding carboxylic acids is 2. The fourth-order valence-electron chi connectivity index (χ4n) is 3.78. The lowest BCUT2D eigenvalue weighted by Crippen LogP contribution is -2.32. The second-order valence-electron chi connectivity index (χ2n) is 7.56. The first-order chi connectivity index (χ1) is 16.3. The minimum Gasteiger partial charge on any atom is -0.466 e. The zero-order valence-electron chi connectivity index (χ0n) is 18.2. The van der Waals surface area contributed by atoms with Crippen molar-refractivity contribution >= 4 is 40.6 Å². The summed E-state index contributed by atoms with van der Waals surface area (Å²) >= 11 is 0. The number of carbonyl (C=O) groups is 2. The Kier molecular flexibility index (Phi) is 6.54. The number of fused-ring (bicyclic) bond motifs is 3. The van der Waals surface area contributed by atoms with Crippen LogP contribution in [-0.4, -0.2) is 30.1 Å². The van der Waals surface area contributed by atoms with Crippen LogP contribution in [0.5, 0.6) is 5.75 Å². The highest BCUT2D eigenvalue weighted by Crippen LogP contribution is 2.46. The van der Waals surface area contributed by atoms with E-state index in [0.717, 1.165) is 17.7 Å². The molecule has 0 N–H and O–H groups in total. The molecule has 0 fully saturated rings. The second kappa shape index (κ2) is 9.54. The van der Waals surface area contributed by atoms with Gasteiger partial charge in [-0.15, -0.1) is 0 Å². The van der Waals surface area contributed by atoms with Gasteiger partial charge in [0.1, 0.15) is 0 Å². The van der Waals surface area contributed by atoms with E-state index < -0.39 is 18.0 Å². The van der Waals surface area contributed by atoms with Crippen molar-refractivity contribution in [2.24, 2.45) is 0 Å². The fraction of sp³-hybridized carbons (Fsp3) is 0.240. The van der Waals surface area contributed by atoms with E-state index in [2.05, 4.69) is 4.98 Å². The smallest absolute Gasteiger partial charge is 0.416 e. The van der Waals surface area contributed by atoms with E-state index in [1.807, 2.05) is 24.3 Å². The number of alkyl halides is 3. The first kappa shape index (κ1) is 23.3. The Balaban J connectivity index is 1.72. The number of esters is 1. The van der Waals surface area contributed by atoms with Gasteiger partial charge in [-0.25, -0.2) is 0 Å². The summed E-state index contributed by atoms with van der Waals surface area (Å²) in [7, 11) is 0. The van der Waals surface area contributed by atoms with Gasteiger partial charge in [-0.3, -0.25) is 19.5 Å². The van der Waals surface area contributed by atoms with Crippen molar-refractivity contribution in [2.45, 2.75) is 32.2 Å². The first-order valence-electron chi connectivity index (χ1n) is 10.6. The number of rotatable bonds is 7. The maximum absolute atomic E-state index is 13.3. The van der Waals surface area contributed by atoms with Crippen LogP contribution in [0.4, 0.5) is 24.5 Å². The highest BCUT2D eigenvalue weighted by Gasteiger charge is 2.36. The number of nitrogens with zero attached hydrogens (tertiary/aromatic N) is 2. The summed E-state index contributed by atoms with van der Waals surface area (Å²) in [6, 6.07) is 10.2. The molecule has 0 spiro atoms. The molecule has 2 heterocycles. The highest BCUT2D eigenvalue weighted by atomic mass is 19.4. The molecule has 1 aliphatic heterocycles. The van der Waals surface area contributed by atoms with Crippen molar-refractivity contribution in [3.05, 3.63) is 65.9 Å². The number of aldehydes is 1. The van der Waals surface area contributed by atoms with Gasteiger partial charge in [0.15, 0.2) is 12.0 Å². The van der Waals surface area contributed by atoms with Crippen LogP contribution in [0.25, 0.3) is 17.0 Å². The van der Waals surface area contributed by atoms with E-state index in [0.29, 0.717) is 41.7 Å². The number of pyridine rings is 1. The van der Waals surface area contributed by atoms with Gasteiger partial charge in [0, 0.05) is 17.5 Å². The van der Waals surface area contributed by atoms with Crippen LogP contribution in [0.1, 0.15) is 30.9 Å². The van der Waals surface area contributed by atoms with E-state index in [1.165, 1.54) is 23.2 Å². The summed E-state index contributed by atoms with van der Waals surface area (Å²) < 4.78 is 50.5. The molecule has 0 radical (unpaired) electrons. The molecule has 3 aromatic rings. The number of hydrogen-bond donors (Lipinski definition) is 0. The zero-order valence-corrected chi connectivity index (χ0v) is 18.2. The lowest BCUT2D eigenvalue weighted by Gasteiger charge is -2.23. The Labute approximate surface area is 193 Å². The molecule has 6 nitrogen and oxygen atoms in total. The normalized spacial score (nSPS) is 15.4. The Morgan fingerprint density at radius 3 is 2.79 bits per heavy atom. The Morgan fingerprint density at radius 1 is 1.24 bits per heavy atom. The third kappa shape index (κ3) is 4.73. The number of ether oxygens (including phenoxy) is 2. The maximum Gasteiger partial charge on any atom is 0.416 e. The zero-order chi connectivity index (χ0) is 24.3. The monoisotopic (exact) mass is 470 g/mol. The molecule has 0 saturated carbocycles. The van der Waals surface area contributed by atoms with Gasteiger partial charge in [-0.05, 0) is 49.2 Å². The Bertz CT molecular complexity index is 1260. The van der Waals surface area contributed by atoms with E-state index in [9.17, 15) is 22.8 Å². The number of anilines is 2. The molecule has 1 aliphatic rings. The van der Waals surface area contributed by atoms with Crippen molar-refractivity contribution in [3.63, 3.8) is 0 Å². The van der Waals surface area contributed by atoms with Crippen molar-refractivity contribution in [3.8, 4) is 5.75 Å². The fourth-order valence-corrected chi connectivity index (χ4v) is 3.78. The number of halogens is 3. The molecule has 0 amide bonds. The molecule has 2 aromatic carbocycles. The van der Waals surface area contributed by atoms with Crippen molar-refractivity contribution in [1.82, 2.24) is 4.98 Å². The topological polar surface area (TPSA) is 68.7 Å². The largest absolute Gasteiger partial charge is 0.466 e. The van der Waals surface area contributed by atoms with Gasteiger partial charge in [0.2, 0.25) is 6.23 Å². The summed E-state index contributed by atoms with van der Waals surface area (Å²) in [6.07, 6.45) is 0.750. The van der Waals surface area contributed by atoms with E-state index in [-0.39, 0.29) is 18.1 Å². The molecule has 9 heteroatoms. The van der Waals surface area contributed by atoms with Gasteiger partial charge in [0.25, 0.3) is 0 Å². The van der Waals surface area contributed by atoms with Gasteiger partial charge >= 0.3 is 12.1 Å². The van der Waals surface area contributed by atoms with Crippen LogP contribution in [0.2, 0.25) is 0 Å². The third-order valence-corrected chi connectivity index (χ3v) is 5.27. The lowest BCUT2D eigenvalue weighted by molar-refractivity contribution is -0.143. The lowest BCUT2D eigenvalue weighted by atomic mass is 10.1. The predicted octanol–water partition coefficient (Wildman–Crippen LogP) is 5.67. The van der Waals surface area contributed by atoms with E-state index >= 15 is 0 Å². The molecule has 4 rings (SSSR count). The van der Waals surface area contributed by atoms with Gasteiger partial charge < -0.3 is 9.47 Å². The SMILES string of the molecule is CCOC(=O)CCC=Cc1ccc2ncc3c(c2c1)N(c1cccc(C(F)(F)F)c1)C(C=O)O3.